The average molecular weight is 239 g/mol. The number of rotatable bonds is 2. The first-order valence-electron chi connectivity index (χ1n) is 5.47. The van der Waals surface area contributed by atoms with Crippen molar-refractivity contribution in [1.29, 1.82) is 0 Å². The topological polar surface area (TPSA) is 37.4 Å². The van der Waals surface area contributed by atoms with Crippen LogP contribution in [0.1, 0.15) is 20.3 Å². The second-order valence-electron chi connectivity index (χ2n) is 5.07. The fraction of sp³-hybridized carbons (Fsp3) is 0.500. The van der Waals surface area contributed by atoms with Gasteiger partial charge < -0.3 is 0 Å². The van der Waals surface area contributed by atoms with Crippen LogP contribution in [0.25, 0.3) is 0 Å². The first kappa shape index (κ1) is 11.6. The summed E-state index contributed by atoms with van der Waals surface area (Å²) in [4.78, 5) is 0.396. The molecule has 0 aliphatic carbocycles. The molecule has 3 nitrogen and oxygen atoms in total. The molecule has 0 atom stereocenters. The minimum atomic E-state index is -3.28. The zero-order valence-corrected chi connectivity index (χ0v) is 10.5. The third-order valence-electron chi connectivity index (χ3n) is 3.02. The molecule has 0 bridgehead atoms. The van der Waals surface area contributed by atoms with Crippen LogP contribution in [0.15, 0.2) is 35.2 Å². The van der Waals surface area contributed by atoms with Crippen LogP contribution in [0, 0.1) is 5.41 Å². The molecule has 1 aromatic rings. The number of nitrogens with zero attached hydrogens (tertiary/aromatic N) is 1. The van der Waals surface area contributed by atoms with Crippen molar-refractivity contribution in [3.05, 3.63) is 30.3 Å². The molecule has 0 radical (unpaired) electrons. The Labute approximate surface area is 97.1 Å². The monoisotopic (exact) mass is 239 g/mol. The molecular weight excluding hydrogens is 222 g/mol. The van der Waals surface area contributed by atoms with E-state index < -0.39 is 10.0 Å². The van der Waals surface area contributed by atoms with Gasteiger partial charge in [0.05, 0.1) is 4.90 Å². The van der Waals surface area contributed by atoms with Crippen molar-refractivity contribution in [1.82, 2.24) is 4.31 Å². The van der Waals surface area contributed by atoms with E-state index in [0.717, 1.165) is 6.42 Å². The van der Waals surface area contributed by atoms with Crippen molar-refractivity contribution in [2.75, 3.05) is 13.1 Å². The van der Waals surface area contributed by atoms with Gasteiger partial charge in [0.25, 0.3) is 0 Å². The van der Waals surface area contributed by atoms with Gasteiger partial charge in [-0.05, 0) is 24.0 Å². The van der Waals surface area contributed by atoms with Crippen molar-refractivity contribution in [2.24, 2.45) is 5.41 Å². The molecule has 1 aliphatic rings. The minimum absolute atomic E-state index is 0.0991. The molecule has 0 spiro atoms. The highest BCUT2D eigenvalue weighted by Gasteiger charge is 2.36. The maximum atomic E-state index is 12.2. The van der Waals surface area contributed by atoms with Gasteiger partial charge in [-0.3, -0.25) is 0 Å². The van der Waals surface area contributed by atoms with Gasteiger partial charge in [0.1, 0.15) is 0 Å². The summed E-state index contributed by atoms with van der Waals surface area (Å²) < 4.78 is 26.1. The summed E-state index contributed by atoms with van der Waals surface area (Å²) in [6.07, 6.45) is 0.930. The molecule has 0 aromatic heterocycles. The molecule has 4 heteroatoms. The van der Waals surface area contributed by atoms with E-state index in [1.807, 2.05) is 6.07 Å². The van der Waals surface area contributed by atoms with E-state index in [-0.39, 0.29) is 5.41 Å². The van der Waals surface area contributed by atoms with Crippen molar-refractivity contribution >= 4 is 10.0 Å². The highest BCUT2D eigenvalue weighted by atomic mass is 32.2. The summed E-state index contributed by atoms with van der Waals surface area (Å²) in [6, 6.07) is 8.65. The Kier molecular flexibility index (Phi) is 2.80. The van der Waals surface area contributed by atoms with Crippen LogP contribution in [-0.4, -0.2) is 25.8 Å². The maximum absolute atomic E-state index is 12.2. The number of sulfonamides is 1. The molecule has 1 saturated heterocycles. The molecule has 1 heterocycles. The third kappa shape index (κ3) is 2.13. The quantitative estimate of drug-likeness (QED) is 0.792. The molecule has 88 valence electrons. The normalized spacial score (nSPS) is 21.1. The van der Waals surface area contributed by atoms with Gasteiger partial charge in [-0.25, -0.2) is 8.42 Å². The first-order chi connectivity index (χ1) is 7.42. The summed E-state index contributed by atoms with van der Waals surface area (Å²) >= 11 is 0. The lowest BCUT2D eigenvalue weighted by Gasteiger charge is -2.19. The molecule has 0 saturated carbocycles. The van der Waals surface area contributed by atoms with E-state index in [9.17, 15) is 8.42 Å². The van der Waals surface area contributed by atoms with Crippen molar-refractivity contribution < 1.29 is 8.42 Å². The second-order valence-corrected chi connectivity index (χ2v) is 7.00. The van der Waals surface area contributed by atoms with E-state index in [4.69, 9.17) is 0 Å². The Balaban J connectivity index is 2.28. The van der Waals surface area contributed by atoms with E-state index in [2.05, 4.69) is 13.8 Å². The highest BCUT2D eigenvalue weighted by molar-refractivity contribution is 7.89. The summed E-state index contributed by atoms with van der Waals surface area (Å²) in [6.45, 7) is 5.45. The predicted molar refractivity (Wildman–Crippen MR) is 63.6 cm³/mol. The van der Waals surface area contributed by atoms with Crippen molar-refractivity contribution in [3.8, 4) is 0 Å². The lowest BCUT2D eigenvalue weighted by molar-refractivity contribution is 0.375. The fourth-order valence-corrected chi connectivity index (χ4v) is 3.66. The van der Waals surface area contributed by atoms with Gasteiger partial charge in [-0.2, -0.15) is 4.31 Å². The molecule has 1 aliphatic heterocycles. The predicted octanol–water partition coefficient (Wildman–Crippen LogP) is 2.11. The second kappa shape index (κ2) is 3.86. The van der Waals surface area contributed by atoms with Crippen LogP contribution in [0.2, 0.25) is 0 Å². The Morgan fingerprint density at radius 3 is 2.31 bits per heavy atom. The molecule has 0 N–H and O–H groups in total. The lowest BCUT2D eigenvalue weighted by atomic mass is 9.93. The smallest absolute Gasteiger partial charge is 0.207 e. The number of benzene rings is 1. The average Bonchev–Trinajstić information content (AvgIpc) is 2.61. The Morgan fingerprint density at radius 1 is 1.19 bits per heavy atom. The number of hydrogen-bond acceptors (Lipinski definition) is 2. The van der Waals surface area contributed by atoms with Crippen LogP contribution in [0.3, 0.4) is 0 Å². The minimum Gasteiger partial charge on any atom is -0.207 e. The standard InChI is InChI=1S/C12H17NO2S/c1-12(2)8-9-13(10-12)16(14,15)11-6-4-3-5-7-11/h3-7H,8-10H2,1-2H3. The van der Waals surface area contributed by atoms with Crippen LogP contribution in [-0.2, 0) is 10.0 Å². The van der Waals surface area contributed by atoms with Gasteiger partial charge in [-0.1, -0.05) is 32.0 Å². The van der Waals surface area contributed by atoms with Gasteiger partial charge in [0.2, 0.25) is 10.0 Å². The number of hydrogen-bond donors (Lipinski definition) is 0. The van der Waals surface area contributed by atoms with Gasteiger partial charge in [0, 0.05) is 13.1 Å². The summed E-state index contributed by atoms with van der Waals surface area (Å²) in [5.74, 6) is 0. The molecule has 2 rings (SSSR count). The van der Waals surface area contributed by atoms with Gasteiger partial charge in [0.15, 0.2) is 0 Å². The zero-order chi connectivity index (χ0) is 11.8. The first-order valence-corrected chi connectivity index (χ1v) is 6.91. The summed E-state index contributed by atoms with van der Waals surface area (Å²) in [5.41, 5.74) is 0.0991. The van der Waals surface area contributed by atoms with E-state index in [1.165, 1.54) is 0 Å². The van der Waals surface area contributed by atoms with Gasteiger partial charge >= 0.3 is 0 Å². The van der Waals surface area contributed by atoms with Crippen LogP contribution in [0.4, 0.5) is 0 Å². The molecule has 16 heavy (non-hydrogen) atoms. The molecule has 0 amide bonds. The SMILES string of the molecule is CC1(C)CCN(S(=O)(=O)c2ccccc2)C1. The lowest BCUT2D eigenvalue weighted by Crippen LogP contribution is -2.30. The Morgan fingerprint density at radius 2 is 1.81 bits per heavy atom. The summed E-state index contributed by atoms with van der Waals surface area (Å²) in [7, 11) is -3.28. The van der Waals surface area contributed by atoms with E-state index in [1.54, 1.807) is 28.6 Å². The van der Waals surface area contributed by atoms with Crippen LogP contribution >= 0.6 is 0 Å². The Bertz CT molecular complexity index is 465. The molecule has 0 unspecified atom stereocenters. The summed E-state index contributed by atoms with van der Waals surface area (Å²) in [5, 5.41) is 0. The van der Waals surface area contributed by atoms with Crippen molar-refractivity contribution in [2.45, 2.75) is 25.2 Å². The Hall–Kier alpha value is -0.870. The van der Waals surface area contributed by atoms with Gasteiger partial charge in [-0.15, -0.1) is 0 Å². The van der Waals surface area contributed by atoms with Crippen LogP contribution < -0.4 is 0 Å². The van der Waals surface area contributed by atoms with E-state index in [0.29, 0.717) is 18.0 Å². The van der Waals surface area contributed by atoms with Crippen molar-refractivity contribution in [3.63, 3.8) is 0 Å². The third-order valence-corrected chi connectivity index (χ3v) is 4.88. The van der Waals surface area contributed by atoms with Crippen LogP contribution in [0.5, 0.6) is 0 Å². The molecule has 1 fully saturated rings. The largest absolute Gasteiger partial charge is 0.243 e. The zero-order valence-electron chi connectivity index (χ0n) is 9.68. The van der Waals surface area contributed by atoms with E-state index >= 15 is 0 Å². The molecular formula is C12H17NO2S. The maximum Gasteiger partial charge on any atom is 0.243 e. The molecule has 1 aromatic carbocycles. The highest BCUT2D eigenvalue weighted by Crippen LogP contribution is 2.32. The fourth-order valence-electron chi connectivity index (χ4n) is 2.01.